The smallest absolute Gasteiger partial charge is 0.158 e. The van der Waals surface area contributed by atoms with E-state index in [2.05, 4.69) is 27.7 Å². The number of aryl methyl sites for hydroxylation is 2. The molecule has 0 spiro atoms. The van der Waals surface area contributed by atoms with E-state index in [0.717, 1.165) is 41.2 Å². The second-order valence-corrected chi connectivity index (χ2v) is 4.78. The number of benzene rings is 1. The average molecular weight is 270 g/mol. The summed E-state index contributed by atoms with van der Waals surface area (Å²) in [4.78, 5) is 0. The Kier molecular flexibility index (Phi) is 3.23. The normalized spacial score (nSPS) is 11.3. The Bertz CT molecular complexity index is 739. The summed E-state index contributed by atoms with van der Waals surface area (Å²) in [6.45, 7) is 5.82. The Morgan fingerprint density at radius 3 is 2.85 bits per heavy atom. The predicted molar refractivity (Wildman–Crippen MR) is 77.7 cm³/mol. The zero-order chi connectivity index (χ0) is 14.1. The highest BCUT2D eigenvalue weighted by atomic mass is 15.5. The maximum Gasteiger partial charge on any atom is 0.158 e. The molecule has 0 unspecified atom stereocenters. The van der Waals surface area contributed by atoms with Crippen LogP contribution in [0, 0.1) is 6.92 Å². The number of hydrogen-bond acceptors (Lipinski definition) is 4. The fraction of sp³-hybridized carbons (Fsp3) is 0.357. The van der Waals surface area contributed by atoms with E-state index in [1.54, 1.807) is 0 Å². The summed E-state index contributed by atoms with van der Waals surface area (Å²) in [5, 5.41) is 16.4. The van der Waals surface area contributed by atoms with E-state index in [1.807, 2.05) is 47.6 Å². The van der Waals surface area contributed by atoms with Crippen molar-refractivity contribution >= 4 is 11.0 Å². The van der Waals surface area contributed by atoms with E-state index in [0.29, 0.717) is 0 Å². The second kappa shape index (κ2) is 5.05. The van der Waals surface area contributed by atoms with Gasteiger partial charge in [0, 0.05) is 19.2 Å². The van der Waals surface area contributed by atoms with E-state index in [-0.39, 0.29) is 0 Å². The molecule has 0 aliphatic carbocycles. The summed E-state index contributed by atoms with van der Waals surface area (Å²) in [5.41, 5.74) is 4.06. The summed E-state index contributed by atoms with van der Waals surface area (Å²) in [6, 6.07) is 7.95. The summed E-state index contributed by atoms with van der Waals surface area (Å²) >= 11 is 0. The number of nitrogens with zero attached hydrogens (tertiary/aromatic N) is 5. The van der Waals surface area contributed by atoms with E-state index in [9.17, 15) is 0 Å². The summed E-state index contributed by atoms with van der Waals surface area (Å²) in [5.74, 6) is 0.970. The third-order valence-electron chi connectivity index (χ3n) is 3.42. The SMILES string of the molecule is CCNCc1c(C)nn(C)c1-n1nnc2ccccc21. The molecule has 0 aliphatic heterocycles. The first kappa shape index (κ1) is 12.8. The summed E-state index contributed by atoms with van der Waals surface area (Å²) in [7, 11) is 1.94. The molecule has 104 valence electrons. The van der Waals surface area contributed by atoms with Crippen molar-refractivity contribution in [2.24, 2.45) is 7.05 Å². The lowest BCUT2D eigenvalue weighted by atomic mass is 10.2. The van der Waals surface area contributed by atoms with Gasteiger partial charge in [-0.2, -0.15) is 9.78 Å². The van der Waals surface area contributed by atoms with Crippen molar-refractivity contribution in [1.29, 1.82) is 0 Å². The molecule has 2 heterocycles. The molecule has 0 radical (unpaired) electrons. The van der Waals surface area contributed by atoms with Crippen molar-refractivity contribution in [2.45, 2.75) is 20.4 Å². The van der Waals surface area contributed by atoms with Gasteiger partial charge >= 0.3 is 0 Å². The van der Waals surface area contributed by atoms with Crippen LogP contribution >= 0.6 is 0 Å². The highest BCUT2D eigenvalue weighted by molar-refractivity contribution is 5.75. The topological polar surface area (TPSA) is 60.6 Å². The lowest BCUT2D eigenvalue weighted by Gasteiger charge is -2.07. The Labute approximate surface area is 117 Å². The molecule has 0 atom stereocenters. The molecular weight excluding hydrogens is 252 g/mol. The standard InChI is InChI=1S/C14H18N6/c1-4-15-9-11-10(2)17-19(3)14(11)20-13-8-6-5-7-12(13)16-18-20/h5-8,15H,4,9H2,1-3H3. The molecule has 0 bridgehead atoms. The highest BCUT2D eigenvalue weighted by Gasteiger charge is 2.17. The van der Waals surface area contributed by atoms with Crippen molar-refractivity contribution in [3.05, 3.63) is 35.5 Å². The van der Waals surface area contributed by atoms with Gasteiger partial charge in [0.1, 0.15) is 5.52 Å². The lowest BCUT2D eigenvalue weighted by Crippen LogP contribution is -2.15. The highest BCUT2D eigenvalue weighted by Crippen LogP contribution is 2.21. The van der Waals surface area contributed by atoms with Gasteiger partial charge in [-0.05, 0) is 25.6 Å². The van der Waals surface area contributed by atoms with Crippen LogP contribution in [-0.2, 0) is 13.6 Å². The third kappa shape index (κ3) is 1.98. The number of rotatable bonds is 4. The zero-order valence-corrected chi connectivity index (χ0v) is 12.0. The number of hydrogen-bond donors (Lipinski definition) is 1. The quantitative estimate of drug-likeness (QED) is 0.782. The monoisotopic (exact) mass is 270 g/mol. The second-order valence-electron chi connectivity index (χ2n) is 4.78. The molecule has 0 fully saturated rings. The predicted octanol–water partition coefficient (Wildman–Crippen LogP) is 1.57. The van der Waals surface area contributed by atoms with Gasteiger partial charge in [-0.15, -0.1) is 5.10 Å². The zero-order valence-electron chi connectivity index (χ0n) is 12.0. The van der Waals surface area contributed by atoms with Gasteiger partial charge in [0.2, 0.25) is 0 Å². The number of para-hydroxylation sites is 1. The van der Waals surface area contributed by atoms with Crippen LogP contribution in [0.2, 0.25) is 0 Å². The fourth-order valence-electron chi connectivity index (χ4n) is 2.44. The minimum atomic E-state index is 0.777. The van der Waals surface area contributed by atoms with Gasteiger partial charge in [0.25, 0.3) is 0 Å². The number of fused-ring (bicyclic) bond motifs is 1. The molecular formula is C14H18N6. The number of nitrogens with one attached hydrogen (secondary N) is 1. The maximum atomic E-state index is 4.51. The molecule has 0 aliphatic rings. The van der Waals surface area contributed by atoms with Crippen molar-refractivity contribution in [3.63, 3.8) is 0 Å². The summed E-state index contributed by atoms with van der Waals surface area (Å²) < 4.78 is 3.73. The van der Waals surface area contributed by atoms with E-state index in [1.165, 1.54) is 0 Å². The van der Waals surface area contributed by atoms with Gasteiger partial charge in [0.15, 0.2) is 5.82 Å². The first-order chi connectivity index (χ1) is 9.72. The Balaban J connectivity index is 2.18. The van der Waals surface area contributed by atoms with Crippen LogP contribution in [0.15, 0.2) is 24.3 Å². The molecule has 1 aromatic carbocycles. The molecule has 0 saturated carbocycles. The fourth-order valence-corrected chi connectivity index (χ4v) is 2.44. The van der Waals surface area contributed by atoms with Gasteiger partial charge < -0.3 is 5.32 Å². The van der Waals surface area contributed by atoms with E-state index >= 15 is 0 Å². The Hall–Kier alpha value is -2.21. The average Bonchev–Trinajstić information content (AvgIpc) is 2.97. The number of aromatic nitrogens is 5. The van der Waals surface area contributed by atoms with Gasteiger partial charge in [0.05, 0.1) is 11.2 Å². The maximum absolute atomic E-state index is 4.51. The molecule has 0 saturated heterocycles. The van der Waals surface area contributed by atoms with Gasteiger partial charge in [-0.3, -0.25) is 4.68 Å². The van der Waals surface area contributed by atoms with E-state index < -0.39 is 0 Å². The van der Waals surface area contributed by atoms with Crippen LogP contribution < -0.4 is 5.32 Å². The molecule has 3 aromatic rings. The van der Waals surface area contributed by atoms with Crippen LogP contribution in [0.5, 0.6) is 0 Å². The lowest BCUT2D eigenvalue weighted by molar-refractivity contribution is 0.673. The van der Waals surface area contributed by atoms with Crippen molar-refractivity contribution in [3.8, 4) is 5.82 Å². The molecule has 6 nitrogen and oxygen atoms in total. The molecule has 1 N–H and O–H groups in total. The van der Waals surface area contributed by atoms with Crippen LogP contribution in [0.25, 0.3) is 16.9 Å². The molecule has 2 aromatic heterocycles. The molecule has 0 amide bonds. The summed E-state index contributed by atoms with van der Waals surface area (Å²) in [6.07, 6.45) is 0. The first-order valence-electron chi connectivity index (χ1n) is 6.76. The van der Waals surface area contributed by atoms with Gasteiger partial charge in [-0.1, -0.05) is 24.3 Å². The van der Waals surface area contributed by atoms with E-state index in [4.69, 9.17) is 0 Å². The molecule has 6 heteroatoms. The largest absolute Gasteiger partial charge is 0.313 e. The van der Waals surface area contributed by atoms with Crippen molar-refractivity contribution in [1.82, 2.24) is 30.1 Å². The molecule has 3 rings (SSSR count). The van der Waals surface area contributed by atoms with Crippen LogP contribution in [0.4, 0.5) is 0 Å². The van der Waals surface area contributed by atoms with Crippen LogP contribution in [-0.4, -0.2) is 31.3 Å². The van der Waals surface area contributed by atoms with Crippen LogP contribution in [0.1, 0.15) is 18.2 Å². The minimum absolute atomic E-state index is 0.777. The van der Waals surface area contributed by atoms with Crippen molar-refractivity contribution < 1.29 is 0 Å². The Morgan fingerprint density at radius 1 is 1.25 bits per heavy atom. The minimum Gasteiger partial charge on any atom is -0.313 e. The Morgan fingerprint density at radius 2 is 2.05 bits per heavy atom. The first-order valence-corrected chi connectivity index (χ1v) is 6.76. The van der Waals surface area contributed by atoms with Crippen LogP contribution in [0.3, 0.4) is 0 Å². The van der Waals surface area contributed by atoms with Crippen molar-refractivity contribution in [2.75, 3.05) is 6.54 Å². The molecule has 20 heavy (non-hydrogen) atoms. The third-order valence-corrected chi connectivity index (χ3v) is 3.42. The van der Waals surface area contributed by atoms with Gasteiger partial charge in [-0.25, -0.2) is 0 Å².